The van der Waals surface area contributed by atoms with Crippen molar-refractivity contribution in [3.8, 4) is 0 Å². The zero-order chi connectivity index (χ0) is 12.4. The van der Waals surface area contributed by atoms with E-state index in [0.29, 0.717) is 18.7 Å². The molecule has 0 aromatic carbocycles. The third kappa shape index (κ3) is 2.78. The fourth-order valence-corrected chi connectivity index (χ4v) is 3.42. The highest BCUT2D eigenvalue weighted by Crippen LogP contribution is 2.26. The number of fused-ring (bicyclic) bond motifs is 1. The summed E-state index contributed by atoms with van der Waals surface area (Å²) in [5.41, 5.74) is 0. The maximum Gasteiger partial charge on any atom is 0.315 e. The van der Waals surface area contributed by atoms with Gasteiger partial charge in [-0.25, -0.2) is 4.79 Å². The second-order valence-electron chi connectivity index (χ2n) is 5.73. The van der Waals surface area contributed by atoms with Crippen molar-refractivity contribution in [1.29, 1.82) is 0 Å². The van der Waals surface area contributed by atoms with Gasteiger partial charge in [0.25, 0.3) is 0 Å². The number of carbonyl (C=O) groups is 1. The highest BCUT2D eigenvalue weighted by Gasteiger charge is 2.32. The van der Waals surface area contributed by atoms with Gasteiger partial charge in [-0.3, -0.25) is 0 Å². The number of amides is 2. The molecule has 0 aliphatic carbocycles. The molecule has 5 heteroatoms. The van der Waals surface area contributed by atoms with Crippen molar-refractivity contribution in [1.82, 2.24) is 15.5 Å². The summed E-state index contributed by atoms with van der Waals surface area (Å²) in [4.78, 5) is 14.4. The number of urea groups is 1. The first kappa shape index (κ1) is 12.2. The summed E-state index contributed by atoms with van der Waals surface area (Å²) < 4.78 is 5.26. The maximum atomic E-state index is 11.9. The third-order valence-corrected chi connectivity index (χ3v) is 4.42. The second kappa shape index (κ2) is 5.45. The summed E-state index contributed by atoms with van der Waals surface area (Å²) in [5, 5.41) is 6.12. The van der Waals surface area contributed by atoms with Crippen LogP contribution in [-0.2, 0) is 4.74 Å². The number of rotatable bonds is 2. The molecule has 3 fully saturated rings. The van der Waals surface area contributed by atoms with E-state index in [1.54, 1.807) is 0 Å². The Kier molecular flexibility index (Phi) is 3.70. The lowest BCUT2D eigenvalue weighted by Crippen LogP contribution is -2.51. The summed E-state index contributed by atoms with van der Waals surface area (Å²) in [5.74, 6) is 0. The first-order valence-corrected chi connectivity index (χ1v) is 7.20. The fourth-order valence-electron chi connectivity index (χ4n) is 3.42. The average Bonchev–Trinajstić information content (AvgIpc) is 2.98. The molecule has 102 valence electrons. The molecule has 3 atom stereocenters. The molecule has 0 spiro atoms. The molecule has 0 bridgehead atoms. The number of nitrogens with one attached hydrogen (secondary N) is 2. The smallest absolute Gasteiger partial charge is 0.315 e. The van der Waals surface area contributed by atoms with E-state index >= 15 is 0 Å². The Hall–Kier alpha value is -0.810. The van der Waals surface area contributed by atoms with E-state index in [2.05, 4.69) is 15.5 Å². The van der Waals surface area contributed by atoms with E-state index in [4.69, 9.17) is 4.74 Å². The van der Waals surface area contributed by atoms with Crippen LogP contribution in [0.2, 0.25) is 0 Å². The number of ether oxygens (including phenoxy) is 1. The predicted molar refractivity (Wildman–Crippen MR) is 68.5 cm³/mol. The van der Waals surface area contributed by atoms with Crippen LogP contribution in [0, 0.1) is 0 Å². The van der Waals surface area contributed by atoms with Crippen LogP contribution in [0.3, 0.4) is 0 Å². The minimum Gasteiger partial charge on any atom is -0.379 e. The minimum absolute atomic E-state index is 0.0121. The van der Waals surface area contributed by atoms with E-state index in [9.17, 15) is 4.79 Å². The molecule has 3 heterocycles. The quantitative estimate of drug-likeness (QED) is 0.762. The molecular weight excluding hydrogens is 230 g/mol. The summed E-state index contributed by atoms with van der Waals surface area (Å²) in [6.45, 7) is 3.82. The number of piperidine rings is 1. The van der Waals surface area contributed by atoms with E-state index < -0.39 is 0 Å². The lowest BCUT2D eigenvalue weighted by molar-refractivity contribution is 0.164. The molecule has 3 aliphatic heterocycles. The van der Waals surface area contributed by atoms with Gasteiger partial charge in [0.1, 0.15) is 0 Å². The summed E-state index contributed by atoms with van der Waals surface area (Å²) in [6, 6.07) is 1.25. The minimum atomic E-state index is -0.0121. The van der Waals surface area contributed by atoms with Crippen molar-refractivity contribution < 1.29 is 9.53 Å². The van der Waals surface area contributed by atoms with Crippen molar-refractivity contribution in [3.05, 3.63) is 0 Å². The first-order valence-electron chi connectivity index (χ1n) is 7.20. The molecule has 3 unspecified atom stereocenters. The Morgan fingerprint density at radius 2 is 2.00 bits per heavy atom. The summed E-state index contributed by atoms with van der Waals surface area (Å²) >= 11 is 0. The summed E-state index contributed by atoms with van der Waals surface area (Å²) in [6.07, 6.45) is 5.77. The van der Waals surface area contributed by atoms with Crippen molar-refractivity contribution in [3.63, 3.8) is 0 Å². The van der Waals surface area contributed by atoms with Crippen LogP contribution >= 0.6 is 0 Å². The lowest BCUT2D eigenvalue weighted by Gasteiger charge is -2.35. The largest absolute Gasteiger partial charge is 0.379 e. The first-order chi connectivity index (χ1) is 8.81. The van der Waals surface area contributed by atoms with Crippen molar-refractivity contribution in [2.75, 3.05) is 26.3 Å². The monoisotopic (exact) mass is 253 g/mol. The zero-order valence-corrected chi connectivity index (χ0v) is 10.9. The van der Waals surface area contributed by atoms with Gasteiger partial charge in [0.2, 0.25) is 0 Å². The number of hydrogen-bond donors (Lipinski definition) is 2. The van der Waals surface area contributed by atoms with E-state index in [1.807, 2.05) is 0 Å². The SMILES string of the molecule is O=C(NC1CCOC1)NC1CCN2CCCC2C1. The molecule has 0 aromatic heterocycles. The van der Waals surface area contributed by atoms with Crippen LogP contribution < -0.4 is 10.6 Å². The average molecular weight is 253 g/mol. The van der Waals surface area contributed by atoms with E-state index in [0.717, 1.165) is 32.4 Å². The van der Waals surface area contributed by atoms with Gasteiger partial charge in [0, 0.05) is 25.2 Å². The molecule has 2 N–H and O–H groups in total. The highest BCUT2D eigenvalue weighted by molar-refractivity contribution is 5.74. The fraction of sp³-hybridized carbons (Fsp3) is 0.923. The molecule has 0 aromatic rings. The molecule has 3 rings (SSSR count). The number of hydrogen-bond acceptors (Lipinski definition) is 3. The molecule has 0 saturated carbocycles. The van der Waals surface area contributed by atoms with E-state index in [-0.39, 0.29) is 12.1 Å². The predicted octanol–water partition coefficient (Wildman–Crippen LogP) is 0.701. The molecule has 3 aliphatic rings. The molecule has 5 nitrogen and oxygen atoms in total. The molecule has 2 amide bonds. The Labute approximate surface area is 108 Å². The molecule has 3 saturated heterocycles. The third-order valence-electron chi connectivity index (χ3n) is 4.42. The molecular formula is C13H23N3O2. The van der Waals surface area contributed by atoms with Gasteiger partial charge in [-0.2, -0.15) is 0 Å². The molecule has 0 radical (unpaired) electrons. The van der Waals surface area contributed by atoms with Gasteiger partial charge in [-0.05, 0) is 38.6 Å². The lowest BCUT2D eigenvalue weighted by atomic mass is 9.98. The summed E-state index contributed by atoms with van der Waals surface area (Å²) in [7, 11) is 0. The topological polar surface area (TPSA) is 53.6 Å². The van der Waals surface area contributed by atoms with Gasteiger partial charge in [0.15, 0.2) is 0 Å². The van der Waals surface area contributed by atoms with Crippen molar-refractivity contribution >= 4 is 6.03 Å². The normalized spacial score (nSPS) is 36.3. The standard InChI is InChI=1S/C13H23N3O2/c17-13(15-11-4-7-18-9-11)14-10-3-6-16-5-1-2-12(16)8-10/h10-12H,1-9H2,(H2,14,15,17). The Balaban J connectivity index is 1.43. The molecule has 18 heavy (non-hydrogen) atoms. The highest BCUT2D eigenvalue weighted by atomic mass is 16.5. The van der Waals surface area contributed by atoms with Crippen molar-refractivity contribution in [2.45, 2.75) is 50.2 Å². The van der Waals surface area contributed by atoms with Crippen LogP contribution in [0.15, 0.2) is 0 Å². The van der Waals surface area contributed by atoms with Gasteiger partial charge in [-0.15, -0.1) is 0 Å². The van der Waals surface area contributed by atoms with Crippen molar-refractivity contribution in [2.24, 2.45) is 0 Å². The Bertz CT molecular complexity index is 305. The van der Waals surface area contributed by atoms with Crippen LogP contribution in [0.5, 0.6) is 0 Å². The zero-order valence-electron chi connectivity index (χ0n) is 10.9. The van der Waals surface area contributed by atoms with Crippen LogP contribution in [-0.4, -0.2) is 55.4 Å². The van der Waals surface area contributed by atoms with Crippen LogP contribution in [0.1, 0.15) is 32.1 Å². The maximum absolute atomic E-state index is 11.9. The number of nitrogens with zero attached hydrogens (tertiary/aromatic N) is 1. The van der Waals surface area contributed by atoms with Gasteiger partial charge in [-0.1, -0.05) is 0 Å². The van der Waals surface area contributed by atoms with E-state index in [1.165, 1.54) is 19.4 Å². The Morgan fingerprint density at radius 1 is 1.11 bits per heavy atom. The van der Waals surface area contributed by atoms with Crippen LogP contribution in [0.4, 0.5) is 4.79 Å². The van der Waals surface area contributed by atoms with Gasteiger partial charge < -0.3 is 20.3 Å². The van der Waals surface area contributed by atoms with Gasteiger partial charge >= 0.3 is 6.03 Å². The van der Waals surface area contributed by atoms with Crippen LogP contribution in [0.25, 0.3) is 0 Å². The van der Waals surface area contributed by atoms with Gasteiger partial charge in [0.05, 0.1) is 12.6 Å². The number of carbonyl (C=O) groups excluding carboxylic acids is 1. The second-order valence-corrected chi connectivity index (χ2v) is 5.73. The Morgan fingerprint density at radius 3 is 2.83 bits per heavy atom.